The maximum atomic E-state index is 13.6. The summed E-state index contributed by atoms with van der Waals surface area (Å²) < 4.78 is 93.3. The average molecular weight is 504 g/mol. The first-order chi connectivity index (χ1) is 16.1. The van der Waals surface area contributed by atoms with E-state index in [0.717, 1.165) is 4.90 Å². The number of urea groups is 1. The molecule has 190 valence electrons. The van der Waals surface area contributed by atoms with Crippen LogP contribution in [-0.2, 0) is 17.1 Å². The minimum atomic E-state index is -5.02. The van der Waals surface area contributed by atoms with Crippen molar-refractivity contribution in [3.8, 4) is 0 Å². The van der Waals surface area contributed by atoms with Crippen LogP contribution in [0.5, 0.6) is 0 Å². The van der Waals surface area contributed by atoms with Gasteiger partial charge in [0.2, 0.25) is 0 Å². The number of benzene rings is 2. The van der Waals surface area contributed by atoms with Crippen molar-refractivity contribution in [2.45, 2.75) is 44.7 Å². The summed E-state index contributed by atoms with van der Waals surface area (Å²) in [5.41, 5.74) is -2.25. The van der Waals surface area contributed by atoms with Crippen molar-refractivity contribution >= 4 is 12.3 Å². The third-order valence-electron chi connectivity index (χ3n) is 6.39. The van der Waals surface area contributed by atoms with Crippen molar-refractivity contribution in [3.05, 3.63) is 70.0 Å². The van der Waals surface area contributed by atoms with Gasteiger partial charge in [-0.25, -0.2) is 9.18 Å². The first kappa shape index (κ1) is 26.5. The summed E-state index contributed by atoms with van der Waals surface area (Å²) in [5, 5.41) is 0. The number of carbonyl (C=O) groups excluding carboxylic acids is 2. The number of hydrogen-bond acceptors (Lipinski definition) is 2. The number of rotatable bonds is 4. The summed E-state index contributed by atoms with van der Waals surface area (Å²) >= 11 is 0. The monoisotopic (exact) mass is 504 g/mol. The summed E-state index contributed by atoms with van der Waals surface area (Å²) in [5.74, 6) is -1.10. The molecule has 0 aromatic heterocycles. The van der Waals surface area contributed by atoms with Gasteiger partial charge in [-0.05, 0) is 67.3 Å². The van der Waals surface area contributed by atoms with E-state index in [-0.39, 0.29) is 18.2 Å². The molecular weight excluding hydrogens is 481 g/mol. The molecule has 1 aliphatic rings. The smallest absolute Gasteiger partial charge is 0.321 e. The molecule has 0 bridgehead atoms. The maximum absolute atomic E-state index is 13.6. The highest BCUT2D eigenvalue weighted by Gasteiger charge is 2.41. The zero-order chi connectivity index (χ0) is 26.3. The van der Waals surface area contributed by atoms with Crippen molar-refractivity contribution in [1.82, 2.24) is 9.80 Å². The Kier molecular flexibility index (Phi) is 7.19. The van der Waals surface area contributed by atoms with Crippen LogP contribution >= 0.6 is 0 Å². The molecule has 11 heteroatoms. The molecule has 0 spiro atoms. The number of carbonyl (C=O) groups is 2. The van der Waals surface area contributed by atoms with Gasteiger partial charge in [0, 0.05) is 19.5 Å². The quantitative estimate of drug-likeness (QED) is 0.350. The topological polar surface area (TPSA) is 40.6 Å². The summed E-state index contributed by atoms with van der Waals surface area (Å²) in [6.07, 6.45) is -9.04. The minimum absolute atomic E-state index is 0.0283. The fourth-order valence-electron chi connectivity index (χ4n) is 4.35. The second-order valence-corrected chi connectivity index (χ2v) is 8.64. The number of amides is 2. The zero-order valence-corrected chi connectivity index (χ0v) is 19.0. The molecule has 2 aromatic rings. The van der Waals surface area contributed by atoms with Crippen LogP contribution in [0, 0.1) is 18.7 Å². The van der Waals surface area contributed by atoms with Crippen LogP contribution in [0.1, 0.15) is 53.2 Å². The Labute approximate surface area is 197 Å². The molecule has 0 N–H and O–H groups in total. The molecule has 1 aliphatic heterocycles. The summed E-state index contributed by atoms with van der Waals surface area (Å²) in [6, 6.07) is 2.53. The third-order valence-corrected chi connectivity index (χ3v) is 6.39. The molecule has 35 heavy (non-hydrogen) atoms. The van der Waals surface area contributed by atoms with Crippen LogP contribution in [0.2, 0.25) is 0 Å². The molecule has 3 unspecified atom stereocenters. The molecule has 2 aromatic carbocycles. The highest BCUT2D eigenvalue weighted by Crippen LogP contribution is 2.41. The molecule has 0 saturated carbocycles. The average Bonchev–Trinajstić information content (AvgIpc) is 3.19. The predicted octanol–water partition coefficient (Wildman–Crippen LogP) is 6.55. The molecule has 3 atom stereocenters. The van der Waals surface area contributed by atoms with Crippen LogP contribution in [0.15, 0.2) is 36.4 Å². The Morgan fingerprint density at radius 2 is 1.63 bits per heavy atom. The van der Waals surface area contributed by atoms with Crippen LogP contribution in [0.4, 0.5) is 35.5 Å². The highest BCUT2D eigenvalue weighted by molar-refractivity contribution is 5.77. The van der Waals surface area contributed by atoms with E-state index >= 15 is 0 Å². The van der Waals surface area contributed by atoms with Gasteiger partial charge in [0.05, 0.1) is 23.2 Å². The van der Waals surface area contributed by atoms with Gasteiger partial charge in [0.15, 0.2) is 0 Å². The van der Waals surface area contributed by atoms with Gasteiger partial charge in [0.25, 0.3) is 0 Å². The van der Waals surface area contributed by atoms with Crippen LogP contribution in [-0.4, -0.2) is 35.7 Å². The van der Waals surface area contributed by atoms with Gasteiger partial charge in [-0.3, -0.25) is 0 Å². The lowest BCUT2D eigenvalue weighted by atomic mass is 9.92. The van der Waals surface area contributed by atoms with Crippen molar-refractivity contribution in [1.29, 1.82) is 0 Å². The Bertz CT molecular complexity index is 1080. The summed E-state index contributed by atoms with van der Waals surface area (Å²) in [4.78, 5) is 27.4. The van der Waals surface area contributed by atoms with Crippen molar-refractivity contribution in [2.24, 2.45) is 5.92 Å². The molecule has 4 nitrogen and oxygen atoms in total. The molecular formula is C24H23F7N2O2. The maximum Gasteiger partial charge on any atom is 0.416 e. The number of halogens is 7. The van der Waals surface area contributed by atoms with E-state index in [0.29, 0.717) is 36.0 Å². The Hall–Kier alpha value is -3.11. The standard InChI is InChI=1S/C24H23F7N2O2/c1-13-8-19(25)4-5-20(13)21-15(12-34)6-7-33(21)22(35)32(3)14(2)16-9-17(23(26,27)28)11-18(10-16)24(29,30)31/h4-5,8-12,14-15,21H,6-7H2,1-3H3. The van der Waals surface area contributed by atoms with Gasteiger partial charge in [-0.15, -0.1) is 0 Å². The highest BCUT2D eigenvalue weighted by atomic mass is 19.4. The minimum Gasteiger partial charge on any atom is -0.321 e. The lowest BCUT2D eigenvalue weighted by Gasteiger charge is -2.35. The van der Waals surface area contributed by atoms with E-state index in [4.69, 9.17) is 0 Å². The zero-order valence-electron chi connectivity index (χ0n) is 19.0. The number of alkyl halides is 6. The van der Waals surface area contributed by atoms with E-state index < -0.39 is 53.3 Å². The Morgan fingerprint density at radius 3 is 2.11 bits per heavy atom. The lowest BCUT2D eigenvalue weighted by molar-refractivity contribution is -0.143. The first-order valence-electron chi connectivity index (χ1n) is 10.7. The molecule has 0 aliphatic carbocycles. The molecule has 2 amide bonds. The molecule has 3 rings (SSSR count). The largest absolute Gasteiger partial charge is 0.416 e. The lowest BCUT2D eigenvalue weighted by Crippen LogP contribution is -2.42. The van der Waals surface area contributed by atoms with Crippen LogP contribution < -0.4 is 0 Å². The number of hydrogen-bond donors (Lipinski definition) is 0. The summed E-state index contributed by atoms with van der Waals surface area (Å²) in [6.45, 7) is 3.07. The van der Waals surface area contributed by atoms with E-state index in [1.165, 1.54) is 37.1 Å². The SMILES string of the molecule is Cc1cc(F)ccc1C1C(C=O)CCN1C(=O)N(C)C(C)c1cc(C(F)(F)F)cc(C(F)(F)F)c1. The Morgan fingerprint density at radius 1 is 1.06 bits per heavy atom. The van der Waals surface area contributed by atoms with Crippen LogP contribution in [0.25, 0.3) is 0 Å². The number of likely N-dealkylation sites (tertiary alicyclic amines) is 1. The van der Waals surface area contributed by atoms with Crippen molar-refractivity contribution in [2.75, 3.05) is 13.6 Å². The van der Waals surface area contributed by atoms with E-state index in [9.17, 15) is 40.3 Å². The van der Waals surface area contributed by atoms with Gasteiger partial charge < -0.3 is 14.6 Å². The van der Waals surface area contributed by atoms with Crippen molar-refractivity contribution < 1.29 is 40.3 Å². The molecule has 0 radical (unpaired) electrons. The van der Waals surface area contributed by atoms with Gasteiger partial charge >= 0.3 is 18.4 Å². The number of aldehydes is 1. The normalized spacial score (nSPS) is 19.5. The van der Waals surface area contributed by atoms with E-state index in [1.54, 1.807) is 6.92 Å². The molecule has 1 heterocycles. The van der Waals surface area contributed by atoms with Crippen LogP contribution in [0.3, 0.4) is 0 Å². The molecule has 1 fully saturated rings. The fourth-order valence-corrected chi connectivity index (χ4v) is 4.35. The second kappa shape index (κ2) is 9.50. The molecule has 1 saturated heterocycles. The fraction of sp³-hybridized carbons (Fsp3) is 0.417. The van der Waals surface area contributed by atoms with Gasteiger partial charge in [-0.1, -0.05) is 6.07 Å². The van der Waals surface area contributed by atoms with E-state index in [1.807, 2.05) is 0 Å². The summed E-state index contributed by atoms with van der Waals surface area (Å²) in [7, 11) is 1.27. The number of nitrogens with zero attached hydrogens (tertiary/aromatic N) is 2. The number of aryl methyl sites for hydroxylation is 1. The van der Waals surface area contributed by atoms with Gasteiger partial charge in [0.1, 0.15) is 12.1 Å². The Balaban J connectivity index is 1.97. The van der Waals surface area contributed by atoms with Crippen molar-refractivity contribution in [3.63, 3.8) is 0 Å². The third kappa shape index (κ3) is 5.43. The predicted molar refractivity (Wildman–Crippen MR) is 113 cm³/mol. The van der Waals surface area contributed by atoms with Gasteiger partial charge in [-0.2, -0.15) is 26.3 Å². The second-order valence-electron chi connectivity index (χ2n) is 8.64. The first-order valence-corrected chi connectivity index (χ1v) is 10.7. The van der Waals surface area contributed by atoms with E-state index in [2.05, 4.69) is 0 Å².